The Morgan fingerprint density at radius 1 is 1.22 bits per heavy atom. The molecule has 23 heavy (non-hydrogen) atoms. The monoisotopic (exact) mass is 334 g/mol. The van der Waals surface area contributed by atoms with Crippen molar-refractivity contribution in [2.45, 2.75) is 27.2 Å². The molecule has 0 spiro atoms. The topological polar surface area (TPSA) is 93.2 Å². The van der Waals surface area contributed by atoms with Crippen molar-refractivity contribution >= 4 is 23.3 Å². The van der Waals surface area contributed by atoms with Gasteiger partial charge in [0, 0.05) is 0 Å². The van der Waals surface area contributed by atoms with Crippen molar-refractivity contribution in [1.82, 2.24) is 20.4 Å². The van der Waals surface area contributed by atoms with Crippen LogP contribution in [-0.4, -0.2) is 28.0 Å². The van der Waals surface area contributed by atoms with Gasteiger partial charge >= 0.3 is 0 Å². The number of hydrogen-bond donors (Lipinski definition) is 2. The van der Waals surface area contributed by atoms with Gasteiger partial charge in [-0.3, -0.25) is 20.4 Å². The van der Waals surface area contributed by atoms with E-state index in [4.69, 9.17) is 4.74 Å². The number of amides is 2. The van der Waals surface area contributed by atoms with E-state index < -0.39 is 11.8 Å². The van der Waals surface area contributed by atoms with E-state index in [1.807, 2.05) is 32.9 Å². The second kappa shape index (κ2) is 7.68. The summed E-state index contributed by atoms with van der Waals surface area (Å²) in [6.07, 6.45) is 0.600. The van der Waals surface area contributed by atoms with Crippen molar-refractivity contribution in [2.24, 2.45) is 0 Å². The van der Waals surface area contributed by atoms with Gasteiger partial charge in [-0.15, -0.1) is 5.10 Å². The lowest BCUT2D eigenvalue weighted by Crippen LogP contribution is -2.43. The van der Waals surface area contributed by atoms with E-state index in [0.717, 1.165) is 22.7 Å². The molecule has 2 aromatic rings. The maximum absolute atomic E-state index is 11.9. The van der Waals surface area contributed by atoms with Gasteiger partial charge in [-0.25, -0.2) is 0 Å². The van der Waals surface area contributed by atoms with E-state index in [1.54, 1.807) is 6.07 Å². The third-order valence-electron chi connectivity index (χ3n) is 3.26. The Labute approximate surface area is 138 Å². The molecule has 0 unspecified atom stereocenters. The molecular weight excluding hydrogens is 316 g/mol. The molecule has 0 bridgehead atoms. The van der Waals surface area contributed by atoms with Gasteiger partial charge in [0.2, 0.25) is 0 Å². The van der Waals surface area contributed by atoms with Crippen LogP contribution in [0.25, 0.3) is 0 Å². The molecule has 0 saturated carbocycles. The number of hydrazine groups is 1. The van der Waals surface area contributed by atoms with E-state index in [0.29, 0.717) is 22.7 Å². The number of carbonyl (C=O) groups is 2. The van der Waals surface area contributed by atoms with Gasteiger partial charge in [-0.05, 0) is 55.1 Å². The lowest BCUT2D eigenvalue weighted by Gasteiger charge is -2.09. The molecule has 0 atom stereocenters. The van der Waals surface area contributed by atoms with Gasteiger partial charge in [0.05, 0.1) is 5.69 Å². The van der Waals surface area contributed by atoms with Crippen molar-refractivity contribution < 1.29 is 14.3 Å². The highest BCUT2D eigenvalue weighted by Crippen LogP contribution is 2.16. The zero-order chi connectivity index (χ0) is 16.8. The molecule has 1 heterocycles. The Kier molecular flexibility index (Phi) is 5.64. The second-order valence-corrected chi connectivity index (χ2v) is 5.69. The lowest BCUT2D eigenvalue weighted by atomic mass is 10.1. The fourth-order valence-corrected chi connectivity index (χ4v) is 2.43. The summed E-state index contributed by atoms with van der Waals surface area (Å²) in [6.45, 7) is 5.66. The molecule has 2 rings (SSSR count). The number of nitrogens with one attached hydrogen (secondary N) is 2. The summed E-state index contributed by atoms with van der Waals surface area (Å²) in [5.74, 6) is -0.280. The molecule has 2 N–H and O–H groups in total. The number of ether oxygens (including phenoxy) is 1. The normalized spacial score (nSPS) is 10.2. The Balaban J connectivity index is 1.81. The third-order valence-corrected chi connectivity index (χ3v) is 4.03. The molecule has 0 aliphatic rings. The summed E-state index contributed by atoms with van der Waals surface area (Å²) in [5, 5.41) is 3.84. The van der Waals surface area contributed by atoms with E-state index in [9.17, 15) is 9.59 Å². The highest BCUT2D eigenvalue weighted by Gasteiger charge is 2.15. The molecule has 8 heteroatoms. The van der Waals surface area contributed by atoms with E-state index in [2.05, 4.69) is 20.4 Å². The summed E-state index contributed by atoms with van der Waals surface area (Å²) in [7, 11) is 0. The quantitative estimate of drug-likeness (QED) is 0.809. The zero-order valence-electron chi connectivity index (χ0n) is 13.2. The average Bonchev–Trinajstić information content (AvgIpc) is 3.02. The molecule has 7 nitrogen and oxygen atoms in total. The van der Waals surface area contributed by atoms with E-state index >= 15 is 0 Å². The van der Waals surface area contributed by atoms with Crippen molar-refractivity contribution in [1.29, 1.82) is 0 Å². The molecule has 1 aromatic heterocycles. The minimum Gasteiger partial charge on any atom is -0.484 e. The van der Waals surface area contributed by atoms with Crippen molar-refractivity contribution in [3.05, 3.63) is 39.9 Å². The van der Waals surface area contributed by atoms with Crippen LogP contribution in [0.4, 0.5) is 0 Å². The van der Waals surface area contributed by atoms with Crippen LogP contribution in [0.5, 0.6) is 5.75 Å². The fourth-order valence-electron chi connectivity index (χ4n) is 1.78. The smallest absolute Gasteiger partial charge is 0.283 e. The predicted molar refractivity (Wildman–Crippen MR) is 86.3 cm³/mol. The Hall–Kier alpha value is -2.48. The Bertz CT molecular complexity index is 714. The minimum absolute atomic E-state index is 0.190. The Morgan fingerprint density at radius 2 is 2.00 bits per heavy atom. The number of nitrogens with zero attached hydrogens (tertiary/aromatic N) is 2. The largest absolute Gasteiger partial charge is 0.484 e. The van der Waals surface area contributed by atoms with Gasteiger partial charge < -0.3 is 4.74 Å². The van der Waals surface area contributed by atoms with Gasteiger partial charge in [0.25, 0.3) is 11.8 Å². The number of aromatic nitrogens is 2. The molecule has 0 fully saturated rings. The standard InChI is InChI=1S/C15H18N4O3S/c1-4-12-14(23-19-16-12)15(21)18-17-13(20)8-22-11-6-5-9(2)10(3)7-11/h5-7H,4,8H2,1-3H3,(H,17,20)(H,18,21). The Morgan fingerprint density at radius 3 is 2.70 bits per heavy atom. The van der Waals surface area contributed by atoms with Crippen LogP contribution in [-0.2, 0) is 11.2 Å². The molecule has 0 saturated heterocycles. The van der Waals surface area contributed by atoms with Crippen molar-refractivity contribution in [2.75, 3.05) is 6.61 Å². The highest BCUT2D eigenvalue weighted by atomic mass is 32.1. The number of benzene rings is 1. The molecule has 0 aliphatic carbocycles. The van der Waals surface area contributed by atoms with Crippen LogP contribution in [0, 0.1) is 13.8 Å². The van der Waals surface area contributed by atoms with Crippen LogP contribution in [0.1, 0.15) is 33.4 Å². The van der Waals surface area contributed by atoms with Crippen molar-refractivity contribution in [3.63, 3.8) is 0 Å². The number of carbonyl (C=O) groups excluding carboxylic acids is 2. The average molecular weight is 334 g/mol. The van der Waals surface area contributed by atoms with Crippen molar-refractivity contribution in [3.8, 4) is 5.75 Å². The summed E-state index contributed by atoms with van der Waals surface area (Å²) in [6, 6.07) is 5.58. The molecular formula is C15H18N4O3S. The number of hydrogen-bond acceptors (Lipinski definition) is 6. The molecule has 122 valence electrons. The maximum Gasteiger partial charge on any atom is 0.283 e. The van der Waals surface area contributed by atoms with Crippen LogP contribution < -0.4 is 15.6 Å². The SMILES string of the molecule is CCc1nnsc1C(=O)NNC(=O)COc1ccc(C)c(C)c1. The first-order valence-electron chi connectivity index (χ1n) is 7.11. The van der Waals surface area contributed by atoms with E-state index in [-0.39, 0.29) is 6.61 Å². The molecule has 0 radical (unpaired) electrons. The first kappa shape index (κ1) is 16.9. The molecule has 0 aliphatic heterocycles. The van der Waals surface area contributed by atoms with E-state index in [1.165, 1.54) is 0 Å². The van der Waals surface area contributed by atoms with Gasteiger partial charge in [0.1, 0.15) is 10.6 Å². The summed E-state index contributed by atoms with van der Waals surface area (Å²) < 4.78 is 9.11. The van der Waals surface area contributed by atoms with Gasteiger partial charge in [0.15, 0.2) is 6.61 Å². The first-order chi connectivity index (χ1) is 11.0. The summed E-state index contributed by atoms with van der Waals surface area (Å²) in [4.78, 5) is 24.0. The fraction of sp³-hybridized carbons (Fsp3) is 0.333. The van der Waals surface area contributed by atoms with Gasteiger partial charge in [-0.2, -0.15) is 0 Å². The van der Waals surface area contributed by atoms with Crippen LogP contribution in [0.15, 0.2) is 18.2 Å². The highest BCUT2D eigenvalue weighted by molar-refractivity contribution is 7.08. The number of aryl methyl sites for hydroxylation is 3. The first-order valence-corrected chi connectivity index (χ1v) is 7.89. The van der Waals surface area contributed by atoms with Gasteiger partial charge in [-0.1, -0.05) is 17.5 Å². The number of rotatable bonds is 5. The van der Waals surface area contributed by atoms with Crippen LogP contribution in [0.2, 0.25) is 0 Å². The predicted octanol–water partition coefficient (Wildman–Crippen LogP) is 1.56. The minimum atomic E-state index is -0.452. The summed E-state index contributed by atoms with van der Waals surface area (Å²) >= 11 is 0.991. The molecule has 1 aromatic carbocycles. The van der Waals surface area contributed by atoms with Crippen LogP contribution in [0.3, 0.4) is 0 Å². The summed E-state index contributed by atoms with van der Waals surface area (Å²) in [5.41, 5.74) is 7.47. The second-order valence-electron chi connectivity index (χ2n) is 4.94. The maximum atomic E-state index is 11.9. The van der Waals surface area contributed by atoms with Crippen LogP contribution >= 0.6 is 11.5 Å². The third kappa shape index (κ3) is 4.49. The molecule has 2 amide bonds. The zero-order valence-corrected chi connectivity index (χ0v) is 14.0. The lowest BCUT2D eigenvalue weighted by molar-refractivity contribution is -0.123.